The van der Waals surface area contributed by atoms with Crippen molar-refractivity contribution >= 4 is 5.91 Å². The summed E-state index contributed by atoms with van der Waals surface area (Å²) in [6, 6.07) is 0.464. The molecule has 1 heterocycles. The van der Waals surface area contributed by atoms with Crippen LogP contribution in [0.4, 0.5) is 0 Å². The number of rotatable bonds is 5. The van der Waals surface area contributed by atoms with Crippen molar-refractivity contribution in [3.8, 4) is 0 Å². The number of hydrogen-bond acceptors (Lipinski definition) is 3. The van der Waals surface area contributed by atoms with E-state index < -0.39 is 0 Å². The van der Waals surface area contributed by atoms with E-state index >= 15 is 0 Å². The van der Waals surface area contributed by atoms with Crippen molar-refractivity contribution in [1.29, 1.82) is 0 Å². The van der Waals surface area contributed by atoms with E-state index in [9.17, 15) is 4.79 Å². The van der Waals surface area contributed by atoms with Crippen molar-refractivity contribution in [3.63, 3.8) is 0 Å². The number of carbonyl (C=O) groups is 1. The third-order valence-corrected chi connectivity index (χ3v) is 4.16. The Kier molecular flexibility index (Phi) is 5.45. The summed E-state index contributed by atoms with van der Waals surface area (Å²) in [4.78, 5) is 14.7. The lowest BCUT2D eigenvalue weighted by Gasteiger charge is -2.33. The highest BCUT2D eigenvalue weighted by atomic mass is 16.5. The predicted octanol–water partition coefficient (Wildman–Crippen LogP) is 1.53. The Balaban J connectivity index is 1.94. The molecule has 0 spiro atoms. The lowest BCUT2D eigenvalue weighted by atomic mass is 9.99. The molecule has 1 aliphatic heterocycles. The maximum atomic E-state index is 12.6. The van der Waals surface area contributed by atoms with E-state index in [0.29, 0.717) is 25.1 Å². The van der Waals surface area contributed by atoms with Gasteiger partial charge in [-0.2, -0.15) is 0 Å². The smallest absolute Gasteiger partial charge is 0.228 e. The highest BCUT2D eigenvalue weighted by Crippen LogP contribution is 2.26. The second-order valence-corrected chi connectivity index (χ2v) is 5.53. The van der Waals surface area contributed by atoms with Crippen molar-refractivity contribution in [2.45, 2.75) is 51.0 Å². The first-order valence-corrected chi connectivity index (χ1v) is 7.41. The van der Waals surface area contributed by atoms with Crippen molar-refractivity contribution in [2.24, 2.45) is 11.7 Å². The van der Waals surface area contributed by atoms with Crippen LogP contribution < -0.4 is 5.73 Å². The van der Waals surface area contributed by atoms with Crippen LogP contribution in [-0.2, 0) is 9.53 Å². The van der Waals surface area contributed by atoms with Crippen molar-refractivity contribution in [3.05, 3.63) is 0 Å². The molecule has 0 aromatic carbocycles. The van der Waals surface area contributed by atoms with Crippen LogP contribution in [0.25, 0.3) is 0 Å². The molecule has 1 atom stereocenters. The van der Waals surface area contributed by atoms with Crippen LogP contribution in [0.1, 0.15) is 44.9 Å². The fourth-order valence-corrected chi connectivity index (χ4v) is 3.12. The molecule has 2 aliphatic rings. The molecular formula is C14H26N2O2. The predicted molar refractivity (Wildman–Crippen MR) is 71.2 cm³/mol. The molecule has 0 radical (unpaired) electrons. The largest absolute Gasteiger partial charge is 0.381 e. The van der Waals surface area contributed by atoms with Gasteiger partial charge in [-0.15, -0.1) is 0 Å². The topological polar surface area (TPSA) is 55.6 Å². The zero-order chi connectivity index (χ0) is 12.8. The van der Waals surface area contributed by atoms with Gasteiger partial charge in [0.1, 0.15) is 0 Å². The summed E-state index contributed by atoms with van der Waals surface area (Å²) >= 11 is 0. The standard InChI is InChI=1S/C14H26N2O2/c15-8-4-9-16(13-6-1-2-7-13)14(17)12-5-3-10-18-11-12/h12-13H,1-11,15H2. The normalized spacial score (nSPS) is 25.3. The van der Waals surface area contributed by atoms with Gasteiger partial charge in [0.25, 0.3) is 0 Å². The quantitative estimate of drug-likeness (QED) is 0.809. The first-order chi connectivity index (χ1) is 8.83. The van der Waals surface area contributed by atoms with Gasteiger partial charge in [0.05, 0.1) is 12.5 Å². The van der Waals surface area contributed by atoms with Gasteiger partial charge < -0.3 is 15.4 Å². The Morgan fingerprint density at radius 2 is 2.00 bits per heavy atom. The maximum absolute atomic E-state index is 12.6. The van der Waals surface area contributed by atoms with Crippen LogP contribution in [0.3, 0.4) is 0 Å². The van der Waals surface area contributed by atoms with E-state index in [0.717, 1.165) is 32.4 Å². The molecule has 0 aromatic heterocycles. The van der Waals surface area contributed by atoms with Crippen LogP contribution >= 0.6 is 0 Å². The molecule has 1 amide bonds. The van der Waals surface area contributed by atoms with Gasteiger partial charge >= 0.3 is 0 Å². The van der Waals surface area contributed by atoms with Crippen LogP contribution in [0.5, 0.6) is 0 Å². The van der Waals surface area contributed by atoms with E-state index in [2.05, 4.69) is 4.90 Å². The lowest BCUT2D eigenvalue weighted by Crippen LogP contribution is -2.45. The van der Waals surface area contributed by atoms with Crippen molar-refractivity contribution in [1.82, 2.24) is 4.90 Å². The van der Waals surface area contributed by atoms with Gasteiger partial charge in [0.2, 0.25) is 5.91 Å². The summed E-state index contributed by atoms with van der Waals surface area (Å²) in [5.41, 5.74) is 5.59. The monoisotopic (exact) mass is 254 g/mol. The number of ether oxygens (including phenoxy) is 1. The van der Waals surface area contributed by atoms with Gasteiger partial charge in [-0.3, -0.25) is 4.79 Å². The number of amides is 1. The van der Waals surface area contributed by atoms with Crippen molar-refractivity contribution in [2.75, 3.05) is 26.3 Å². The van der Waals surface area contributed by atoms with E-state index in [1.807, 2.05) is 0 Å². The SMILES string of the molecule is NCCCN(C(=O)C1CCCOC1)C1CCCC1. The second-order valence-electron chi connectivity index (χ2n) is 5.53. The lowest BCUT2D eigenvalue weighted by molar-refractivity contribution is -0.142. The summed E-state index contributed by atoms with van der Waals surface area (Å²) in [6.45, 7) is 2.93. The number of nitrogens with zero attached hydrogens (tertiary/aromatic N) is 1. The van der Waals surface area contributed by atoms with Crippen molar-refractivity contribution < 1.29 is 9.53 Å². The van der Waals surface area contributed by atoms with Crippen LogP contribution in [0, 0.1) is 5.92 Å². The zero-order valence-electron chi connectivity index (χ0n) is 11.3. The molecule has 1 saturated carbocycles. The molecule has 18 heavy (non-hydrogen) atoms. The van der Waals surface area contributed by atoms with Crippen LogP contribution in [-0.4, -0.2) is 43.2 Å². The summed E-state index contributed by atoms with van der Waals surface area (Å²) < 4.78 is 5.45. The fraction of sp³-hybridized carbons (Fsp3) is 0.929. The van der Waals surface area contributed by atoms with E-state index in [1.54, 1.807) is 0 Å². The molecule has 0 aromatic rings. The summed E-state index contributed by atoms with van der Waals surface area (Å²) in [5.74, 6) is 0.409. The number of hydrogen-bond donors (Lipinski definition) is 1. The van der Waals surface area contributed by atoms with Crippen LogP contribution in [0.2, 0.25) is 0 Å². The number of nitrogens with two attached hydrogens (primary N) is 1. The molecular weight excluding hydrogens is 228 g/mol. The molecule has 104 valence electrons. The fourth-order valence-electron chi connectivity index (χ4n) is 3.12. The Labute approximate surface area is 110 Å². The van der Waals surface area contributed by atoms with E-state index in [1.165, 1.54) is 25.7 Å². The second kappa shape index (κ2) is 7.10. The first kappa shape index (κ1) is 13.8. The van der Waals surface area contributed by atoms with E-state index in [-0.39, 0.29) is 5.92 Å². The average molecular weight is 254 g/mol. The Hall–Kier alpha value is -0.610. The average Bonchev–Trinajstić information content (AvgIpc) is 2.94. The molecule has 1 aliphatic carbocycles. The van der Waals surface area contributed by atoms with E-state index in [4.69, 9.17) is 10.5 Å². The molecule has 4 nitrogen and oxygen atoms in total. The molecule has 1 unspecified atom stereocenters. The molecule has 2 N–H and O–H groups in total. The van der Waals surface area contributed by atoms with Gasteiger partial charge in [0.15, 0.2) is 0 Å². The minimum absolute atomic E-state index is 0.0946. The molecule has 2 fully saturated rings. The summed E-state index contributed by atoms with van der Waals surface area (Å²) in [5, 5.41) is 0. The zero-order valence-corrected chi connectivity index (χ0v) is 11.3. The van der Waals surface area contributed by atoms with Gasteiger partial charge in [-0.05, 0) is 38.6 Å². The van der Waals surface area contributed by atoms with Gasteiger partial charge in [-0.1, -0.05) is 12.8 Å². The molecule has 0 bridgehead atoms. The van der Waals surface area contributed by atoms with Crippen LogP contribution in [0.15, 0.2) is 0 Å². The van der Waals surface area contributed by atoms with Gasteiger partial charge in [-0.25, -0.2) is 0 Å². The molecule has 4 heteroatoms. The third kappa shape index (κ3) is 3.45. The highest BCUT2D eigenvalue weighted by Gasteiger charge is 2.31. The minimum Gasteiger partial charge on any atom is -0.381 e. The summed E-state index contributed by atoms with van der Waals surface area (Å²) in [7, 11) is 0. The third-order valence-electron chi connectivity index (χ3n) is 4.16. The maximum Gasteiger partial charge on any atom is 0.228 e. The molecule has 2 rings (SSSR count). The Morgan fingerprint density at radius 3 is 2.61 bits per heavy atom. The Morgan fingerprint density at radius 1 is 1.22 bits per heavy atom. The first-order valence-electron chi connectivity index (χ1n) is 7.41. The highest BCUT2D eigenvalue weighted by molar-refractivity contribution is 5.79. The number of carbonyl (C=O) groups excluding carboxylic acids is 1. The van der Waals surface area contributed by atoms with Gasteiger partial charge in [0, 0.05) is 19.2 Å². The Bertz CT molecular complexity index is 259. The summed E-state index contributed by atoms with van der Waals surface area (Å²) in [6.07, 6.45) is 7.79. The molecule has 1 saturated heterocycles. The minimum atomic E-state index is 0.0946.